The molecule has 6 heteroatoms. The lowest BCUT2D eigenvalue weighted by atomic mass is 9.75. The van der Waals surface area contributed by atoms with Crippen molar-refractivity contribution < 1.29 is 24.5 Å². The summed E-state index contributed by atoms with van der Waals surface area (Å²) < 4.78 is 4.69. The largest absolute Gasteiger partial charge is 0.508 e. The summed E-state index contributed by atoms with van der Waals surface area (Å²) >= 11 is 0. The molecule has 1 amide bonds. The number of phenols is 2. The molecule has 0 aromatic heterocycles. The molecule has 0 saturated heterocycles. The van der Waals surface area contributed by atoms with Crippen molar-refractivity contribution in [3.8, 4) is 11.5 Å². The van der Waals surface area contributed by atoms with E-state index in [0.29, 0.717) is 18.5 Å². The number of benzene rings is 2. The minimum absolute atomic E-state index is 0.0242. The van der Waals surface area contributed by atoms with Crippen LogP contribution in [0.15, 0.2) is 42.5 Å². The number of ether oxygens (including phenoxy) is 1. The van der Waals surface area contributed by atoms with Gasteiger partial charge in [-0.3, -0.25) is 4.79 Å². The fourth-order valence-corrected chi connectivity index (χ4v) is 4.07. The summed E-state index contributed by atoms with van der Waals surface area (Å²) in [4.78, 5) is 24.3. The van der Waals surface area contributed by atoms with Crippen LogP contribution in [0.1, 0.15) is 47.2 Å². The Labute approximate surface area is 170 Å². The normalized spacial score (nSPS) is 18.8. The van der Waals surface area contributed by atoms with Gasteiger partial charge in [0.1, 0.15) is 11.5 Å². The van der Waals surface area contributed by atoms with Gasteiger partial charge in [0.2, 0.25) is 5.91 Å². The van der Waals surface area contributed by atoms with Crippen LogP contribution in [0.5, 0.6) is 11.5 Å². The zero-order valence-electron chi connectivity index (χ0n) is 16.6. The van der Waals surface area contributed by atoms with Gasteiger partial charge < -0.3 is 20.3 Å². The Morgan fingerprint density at radius 1 is 1.00 bits per heavy atom. The smallest absolute Gasteiger partial charge is 0.337 e. The van der Waals surface area contributed by atoms with Gasteiger partial charge in [0.05, 0.1) is 12.7 Å². The van der Waals surface area contributed by atoms with Crippen LogP contribution in [0.2, 0.25) is 0 Å². The molecule has 2 unspecified atom stereocenters. The standard InChI is InChI=1S/C23H27NO5/c1-29-23(28)17-8-6-15(7-9-17)14-24-22(27)21-5-3-2-4-18(21)10-16-11-19(25)13-20(26)12-16/h6-9,11-13,18,21,25-26H,2-5,10,14H2,1H3,(H,24,27). The van der Waals surface area contributed by atoms with Crippen molar-refractivity contribution in [2.45, 2.75) is 38.6 Å². The van der Waals surface area contributed by atoms with E-state index in [-0.39, 0.29) is 35.2 Å². The third kappa shape index (κ3) is 5.50. The first kappa shape index (κ1) is 20.7. The van der Waals surface area contributed by atoms with Crippen molar-refractivity contribution in [3.05, 3.63) is 59.2 Å². The quantitative estimate of drug-likeness (QED) is 0.648. The van der Waals surface area contributed by atoms with Crippen LogP contribution >= 0.6 is 0 Å². The molecule has 154 valence electrons. The van der Waals surface area contributed by atoms with E-state index in [1.54, 1.807) is 36.4 Å². The van der Waals surface area contributed by atoms with Crippen molar-refractivity contribution in [1.29, 1.82) is 0 Å². The maximum absolute atomic E-state index is 12.8. The van der Waals surface area contributed by atoms with Crippen molar-refractivity contribution in [2.75, 3.05) is 7.11 Å². The first-order chi connectivity index (χ1) is 14.0. The molecular weight excluding hydrogens is 370 g/mol. The number of rotatable bonds is 6. The molecule has 1 aliphatic carbocycles. The van der Waals surface area contributed by atoms with Crippen LogP contribution in [0.3, 0.4) is 0 Å². The molecule has 1 fully saturated rings. The van der Waals surface area contributed by atoms with Crippen molar-refractivity contribution in [3.63, 3.8) is 0 Å². The van der Waals surface area contributed by atoms with Crippen molar-refractivity contribution in [2.24, 2.45) is 11.8 Å². The zero-order valence-corrected chi connectivity index (χ0v) is 16.6. The van der Waals surface area contributed by atoms with Gasteiger partial charge in [-0.05, 0) is 60.6 Å². The molecule has 2 atom stereocenters. The zero-order chi connectivity index (χ0) is 20.8. The van der Waals surface area contributed by atoms with E-state index in [0.717, 1.165) is 36.8 Å². The summed E-state index contributed by atoms with van der Waals surface area (Å²) in [6, 6.07) is 11.6. The van der Waals surface area contributed by atoms with Crippen LogP contribution < -0.4 is 5.32 Å². The third-order valence-electron chi connectivity index (χ3n) is 5.55. The number of amides is 1. The van der Waals surface area contributed by atoms with E-state index in [1.165, 1.54) is 13.2 Å². The number of esters is 1. The number of carbonyl (C=O) groups is 2. The van der Waals surface area contributed by atoms with Crippen LogP contribution in [-0.4, -0.2) is 29.2 Å². The monoisotopic (exact) mass is 397 g/mol. The highest BCUT2D eigenvalue weighted by Gasteiger charge is 2.31. The maximum atomic E-state index is 12.8. The number of nitrogens with one attached hydrogen (secondary N) is 1. The fourth-order valence-electron chi connectivity index (χ4n) is 4.07. The molecule has 6 nitrogen and oxygen atoms in total. The number of aromatic hydroxyl groups is 2. The lowest BCUT2D eigenvalue weighted by Gasteiger charge is -2.31. The molecule has 2 aromatic carbocycles. The molecule has 3 N–H and O–H groups in total. The second-order valence-electron chi connectivity index (χ2n) is 7.62. The average molecular weight is 397 g/mol. The maximum Gasteiger partial charge on any atom is 0.337 e. The number of carbonyl (C=O) groups excluding carboxylic acids is 2. The van der Waals surface area contributed by atoms with Crippen molar-refractivity contribution >= 4 is 11.9 Å². The summed E-state index contributed by atoms with van der Waals surface area (Å²) in [7, 11) is 1.34. The summed E-state index contributed by atoms with van der Waals surface area (Å²) in [5.74, 6) is -0.214. The van der Waals surface area contributed by atoms with Crippen LogP contribution in [0.4, 0.5) is 0 Å². The van der Waals surface area contributed by atoms with Crippen LogP contribution in [0.25, 0.3) is 0 Å². The molecule has 1 saturated carbocycles. The minimum Gasteiger partial charge on any atom is -0.508 e. The van der Waals surface area contributed by atoms with E-state index >= 15 is 0 Å². The first-order valence-electron chi connectivity index (χ1n) is 9.93. The molecule has 0 heterocycles. The predicted molar refractivity (Wildman–Crippen MR) is 109 cm³/mol. The van der Waals surface area contributed by atoms with Gasteiger partial charge in [0.15, 0.2) is 0 Å². The first-order valence-corrected chi connectivity index (χ1v) is 9.93. The Bertz CT molecular complexity index is 842. The van der Waals surface area contributed by atoms with Crippen LogP contribution in [-0.2, 0) is 22.5 Å². The number of methoxy groups -OCH3 is 1. The second-order valence-corrected chi connectivity index (χ2v) is 7.62. The summed E-state index contributed by atoms with van der Waals surface area (Å²) in [6.07, 6.45) is 4.53. The molecule has 0 aliphatic heterocycles. The van der Waals surface area contributed by atoms with E-state index in [4.69, 9.17) is 0 Å². The van der Waals surface area contributed by atoms with Gasteiger partial charge in [-0.25, -0.2) is 4.79 Å². The molecule has 1 aliphatic rings. The lowest BCUT2D eigenvalue weighted by molar-refractivity contribution is -0.127. The van der Waals surface area contributed by atoms with E-state index in [9.17, 15) is 19.8 Å². The number of phenolic OH excluding ortho intramolecular Hbond substituents is 2. The minimum atomic E-state index is -0.386. The second kappa shape index (κ2) is 9.45. The Balaban J connectivity index is 1.61. The Morgan fingerprint density at radius 2 is 1.66 bits per heavy atom. The molecule has 2 aromatic rings. The molecule has 0 radical (unpaired) electrons. The Kier molecular flexibility index (Phi) is 6.75. The van der Waals surface area contributed by atoms with Crippen molar-refractivity contribution in [1.82, 2.24) is 5.32 Å². The highest BCUT2D eigenvalue weighted by molar-refractivity contribution is 5.89. The fraction of sp³-hybridized carbons (Fsp3) is 0.391. The Hall–Kier alpha value is -3.02. The predicted octanol–water partition coefficient (Wildman–Crippen LogP) is 3.55. The SMILES string of the molecule is COC(=O)c1ccc(CNC(=O)C2CCCCC2Cc2cc(O)cc(O)c2)cc1. The van der Waals surface area contributed by atoms with Gasteiger partial charge in [-0.2, -0.15) is 0 Å². The Morgan fingerprint density at radius 3 is 2.31 bits per heavy atom. The van der Waals surface area contributed by atoms with Gasteiger partial charge >= 0.3 is 5.97 Å². The van der Waals surface area contributed by atoms with E-state index < -0.39 is 0 Å². The molecular formula is C23H27NO5. The highest BCUT2D eigenvalue weighted by atomic mass is 16.5. The molecule has 29 heavy (non-hydrogen) atoms. The van der Waals surface area contributed by atoms with Crippen LogP contribution in [0, 0.1) is 11.8 Å². The highest BCUT2D eigenvalue weighted by Crippen LogP contribution is 2.34. The topological polar surface area (TPSA) is 95.9 Å². The average Bonchev–Trinajstić information content (AvgIpc) is 2.71. The van der Waals surface area contributed by atoms with Gasteiger partial charge in [-0.15, -0.1) is 0 Å². The summed E-state index contributed by atoms with van der Waals surface area (Å²) in [5.41, 5.74) is 2.23. The van der Waals surface area contributed by atoms with Gasteiger partial charge in [0, 0.05) is 18.5 Å². The number of hydrogen-bond acceptors (Lipinski definition) is 5. The lowest BCUT2D eigenvalue weighted by Crippen LogP contribution is -2.37. The summed E-state index contributed by atoms with van der Waals surface area (Å²) in [5, 5.41) is 22.4. The molecule has 0 spiro atoms. The van der Waals surface area contributed by atoms with Gasteiger partial charge in [0.25, 0.3) is 0 Å². The molecule has 0 bridgehead atoms. The van der Waals surface area contributed by atoms with E-state index in [1.807, 2.05) is 0 Å². The van der Waals surface area contributed by atoms with Gasteiger partial charge in [-0.1, -0.05) is 25.0 Å². The summed E-state index contributed by atoms with van der Waals surface area (Å²) in [6.45, 7) is 0.399. The third-order valence-corrected chi connectivity index (χ3v) is 5.55. The number of hydrogen-bond donors (Lipinski definition) is 3. The van der Waals surface area contributed by atoms with E-state index in [2.05, 4.69) is 10.1 Å². The molecule has 3 rings (SSSR count).